The Hall–Kier alpha value is -1.62. The normalized spacial score (nSPS) is 12.5. The van der Waals surface area contributed by atoms with E-state index in [1.54, 1.807) is 6.92 Å². The molecular formula is C8H11N3O2. The van der Waals surface area contributed by atoms with E-state index in [0.29, 0.717) is 11.3 Å². The number of rotatable bonds is 2. The number of nitrogens with zero attached hydrogens (tertiary/aromatic N) is 1. The average Bonchev–Trinajstić information content (AvgIpc) is 2.03. The molecule has 0 saturated heterocycles. The van der Waals surface area contributed by atoms with E-state index in [1.165, 1.54) is 18.2 Å². The number of nitro groups is 1. The summed E-state index contributed by atoms with van der Waals surface area (Å²) in [5, 5.41) is 10.5. The van der Waals surface area contributed by atoms with Crippen LogP contribution in [0.1, 0.15) is 18.5 Å². The second-order valence-corrected chi connectivity index (χ2v) is 2.86. The van der Waals surface area contributed by atoms with Gasteiger partial charge < -0.3 is 11.5 Å². The van der Waals surface area contributed by atoms with E-state index in [1.807, 2.05) is 0 Å². The summed E-state index contributed by atoms with van der Waals surface area (Å²) in [6.07, 6.45) is 0. The van der Waals surface area contributed by atoms with Gasteiger partial charge in [-0.25, -0.2) is 0 Å². The molecule has 0 aliphatic rings. The standard InChI is InChI=1S/C8H11N3O2/c1-5(9)7-4-6(10)2-3-8(7)11(12)13/h2-5H,9-10H2,1H3/t5-/m0/s1. The Morgan fingerprint density at radius 3 is 2.62 bits per heavy atom. The third-order valence-electron chi connectivity index (χ3n) is 1.74. The van der Waals surface area contributed by atoms with Gasteiger partial charge in [0.05, 0.1) is 4.92 Å². The summed E-state index contributed by atoms with van der Waals surface area (Å²) >= 11 is 0. The molecule has 5 nitrogen and oxygen atoms in total. The molecule has 1 aromatic rings. The molecule has 70 valence electrons. The number of nitrogen functional groups attached to an aromatic ring is 1. The van der Waals surface area contributed by atoms with Crippen LogP contribution in [0.4, 0.5) is 11.4 Å². The van der Waals surface area contributed by atoms with Gasteiger partial charge in [0.2, 0.25) is 0 Å². The third-order valence-corrected chi connectivity index (χ3v) is 1.74. The van der Waals surface area contributed by atoms with Gasteiger partial charge >= 0.3 is 0 Å². The predicted octanol–water partition coefficient (Wildman–Crippen LogP) is 1.20. The molecule has 0 aliphatic carbocycles. The number of hydrogen-bond acceptors (Lipinski definition) is 4. The van der Waals surface area contributed by atoms with E-state index < -0.39 is 4.92 Å². The first kappa shape index (κ1) is 9.47. The summed E-state index contributed by atoms with van der Waals surface area (Å²) in [5.41, 5.74) is 12.0. The van der Waals surface area contributed by atoms with Crippen LogP contribution in [-0.4, -0.2) is 4.92 Å². The summed E-state index contributed by atoms with van der Waals surface area (Å²) < 4.78 is 0. The zero-order chi connectivity index (χ0) is 10.0. The Balaban J connectivity index is 3.26. The van der Waals surface area contributed by atoms with Crippen molar-refractivity contribution in [3.05, 3.63) is 33.9 Å². The van der Waals surface area contributed by atoms with Gasteiger partial charge in [0.25, 0.3) is 5.69 Å². The number of anilines is 1. The highest BCUT2D eigenvalue weighted by Crippen LogP contribution is 2.25. The Kier molecular flexibility index (Phi) is 2.48. The fraction of sp³-hybridized carbons (Fsp3) is 0.250. The second-order valence-electron chi connectivity index (χ2n) is 2.86. The maximum absolute atomic E-state index is 10.5. The van der Waals surface area contributed by atoms with Gasteiger partial charge in [-0.15, -0.1) is 0 Å². The van der Waals surface area contributed by atoms with Gasteiger partial charge in [0, 0.05) is 23.4 Å². The summed E-state index contributed by atoms with van der Waals surface area (Å²) in [5.74, 6) is 0. The number of benzene rings is 1. The van der Waals surface area contributed by atoms with Crippen LogP contribution in [0.5, 0.6) is 0 Å². The van der Waals surface area contributed by atoms with E-state index in [9.17, 15) is 10.1 Å². The van der Waals surface area contributed by atoms with Crippen LogP contribution < -0.4 is 11.5 Å². The summed E-state index contributed by atoms with van der Waals surface area (Å²) in [6.45, 7) is 1.68. The number of nitrogens with two attached hydrogens (primary N) is 2. The van der Waals surface area contributed by atoms with Gasteiger partial charge in [0.1, 0.15) is 0 Å². The molecule has 13 heavy (non-hydrogen) atoms. The molecule has 0 aliphatic heterocycles. The lowest BCUT2D eigenvalue weighted by atomic mass is 10.1. The fourth-order valence-electron chi connectivity index (χ4n) is 1.10. The van der Waals surface area contributed by atoms with E-state index in [4.69, 9.17) is 11.5 Å². The van der Waals surface area contributed by atoms with E-state index in [0.717, 1.165) is 0 Å². The van der Waals surface area contributed by atoms with Crippen molar-refractivity contribution in [2.75, 3.05) is 5.73 Å². The van der Waals surface area contributed by atoms with Crippen LogP contribution in [-0.2, 0) is 0 Å². The van der Waals surface area contributed by atoms with Gasteiger partial charge in [0.15, 0.2) is 0 Å². The van der Waals surface area contributed by atoms with Crippen LogP contribution >= 0.6 is 0 Å². The minimum atomic E-state index is -0.460. The van der Waals surface area contributed by atoms with Crippen molar-refractivity contribution in [3.8, 4) is 0 Å². The van der Waals surface area contributed by atoms with Crippen molar-refractivity contribution in [3.63, 3.8) is 0 Å². The number of hydrogen-bond donors (Lipinski definition) is 2. The molecule has 0 radical (unpaired) electrons. The lowest BCUT2D eigenvalue weighted by molar-refractivity contribution is -0.385. The van der Waals surface area contributed by atoms with Crippen LogP contribution in [0.15, 0.2) is 18.2 Å². The second kappa shape index (κ2) is 3.40. The molecule has 1 rings (SSSR count). The van der Waals surface area contributed by atoms with Gasteiger partial charge in [-0.1, -0.05) is 0 Å². The topological polar surface area (TPSA) is 95.2 Å². The Labute approximate surface area is 75.5 Å². The molecule has 0 spiro atoms. The Morgan fingerprint density at radius 2 is 2.15 bits per heavy atom. The van der Waals surface area contributed by atoms with Gasteiger partial charge in [-0.3, -0.25) is 10.1 Å². The molecular weight excluding hydrogens is 170 g/mol. The smallest absolute Gasteiger partial charge is 0.274 e. The van der Waals surface area contributed by atoms with E-state index in [-0.39, 0.29) is 11.7 Å². The van der Waals surface area contributed by atoms with E-state index in [2.05, 4.69) is 0 Å². The van der Waals surface area contributed by atoms with Gasteiger partial charge in [-0.05, 0) is 19.1 Å². The van der Waals surface area contributed by atoms with Crippen LogP contribution in [0.25, 0.3) is 0 Å². The Morgan fingerprint density at radius 1 is 1.54 bits per heavy atom. The van der Waals surface area contributed by atoms with Gasteiger partial charge in [-0.2, -0.15) is 0 Å². The fourth-order valence-corrected chi connectivity index (χ4v) is 1.10. The minimum Gasteiger partial charge on any atom is -0.399 e. The highest BCUT2D eigenvalue weighted by Gasteiger charge is 2.16. The molecule has 0 amide bonds. The highest BCUT2D eigenvalue weighted by molar-refractivity contribution is 5.52. The molecule has 4 N–H and O–H groups in total. The maximum Gasteiger partial charge on any atom is 0.274 e. The largest absolute Gasteiger partial charge is 0.399 e. The lowest BCUT2D eigenvalue weighted by Crippen LogP contribution is -2.08. The summed E-state index contributed by atoms with van der Waals surface area (Å²) in [6, 6.07) is 4.00. The van der Waals surface area contributed by atoms with Crippen LogP contribution in [0.3, 0.4) is 0 Å². The summed E-state index contributed by atoms with van der Waals surface area (Å²) in [4.78, 5) is 10.1. The first-order valence-corrected chi connectivity index (χ1v) is 3.81. The van der Waals surface area contributed by atoms with Crippen molar-refractivity contribution in [2.24, 2.45) is 5.73 Å². The molecule has 1 aromatic carbocycles. The lowest BCUT2D eigenvalue weighted by Gasteiger charge is -2.06. The zero-order valence-electron chi connectivity index (χ0n) is 7.23. The highest BCUT2D eigenvalue weighted by atomic mass is 16.6. The number of nitro benzene ring substituents is 1. The van der Waals surface area contributed by atoms with Crippen LogP contribution in [0.2, 0.25) is 0 Å². The molecule has 0 heterocycles. The third kappa shape index (κ3) is 1.94. The quantitative estimate of drug-likeness (QED) is 0.407. The molecule has 5 heteroatoms. The van der Waals surface area contributed by atoms with Crippen molar-refractivity contribution >= 4 is 11.4 Å². The molecule has 0 aromatic heterocycles. The average molecular weight is 181 g/mol. The van der Waals surface area contributed by atoms with E-state index >= 15 is 0 Å². The molecule has 0 saturated carbocycles. The Bertz CT molecular complexity index is 336. The SMILES string of the molecule is C[C@H](N)c1cc(N)ccc1[N+](=O)[O-]. The van der Waals surface area contributed by atoms with Crippen molar-refractivity contribution in [1.82, 2.24) is 0 Å². The minimum absolute atomic E-state index is 0.0178. The molecule has 0 unspecified atom stereocenters. The molecule has 0 bridgehead atoms. The molecule has 1 atom stereocenters. The van der Waals surface area contributed by atoms with Crippen molar-refractivity contribution < 1.29 is 4.92 Å². The molecule has 0 fully saturated rings. The van der Waals surface area contributed by atoms with Crippen molar-refractivity contribution in [1.29, 1.82) is 0 Å². The predicted molar refractivity (Wildman–Crippen MR) is 50.1 cm³/mol. The maximum atomic E-state index is 10.5. The summed E-state index contributed by atoms with van der Waals surface area (Å²) in [7, 11) is 0. The zero-order valence-corrected chi connectivity index (χ0v) is 7.23. The first-order valence-electron chi connectivity index (χ1n) is 3.81. The van der Waals surface area contributed by atoms with Crippen LogP contribution in [0, 0.1) is 10.1 Å². The monoisotopic (exact) mass is 181 g/mol. The van der Waals surface area contributed by atoms with Crippen molar-refractivity contribution in [2.45, 2.75) is 13.0 Å². The first-order chi connectivity index (χ1) is 6.02.